The van der Waals surface area contributed by atoms with Crippen LogP contribution >= 0.6 is 0 Å². The predicted octanol–water partition coefficient (Wildman–Crippen LogP) is 1.28. The molecule has 1 aliphatic rings. The Hall–Kier alpha value is -3.17. The highest BCUT2D eigenvalue weighted by Gasteiger charge is 2.19. The molecular weight excluding hydrogens is 360 g/mol. The third-order valence-electron chi connectivity index (χ3n) is 4.24. The fraction of sp³-hybridized carbons (Fsp3) is 0.316. The number of carbonyl (C=O) groups is 1. The highest BCUT2D eigenvalue weighted by atomic mass is 16.5. The maximum Gasteiger partial charge on any atom is 0.320 e. The van der Waals surface area contributed by atoms with Gasteiger partial charge in [-0.15, -0.1) is 0 Å². The summed E-state index contributed by atoms with van der Waals surface area (Å²) in [6, 6.07) is 10.4. The van der Waals surface area contributed by atoms with Crippen LogP contribution in [0.25, 0.3) is 0 Å². The van der Waals surface area contributed by atoms with Gasteiger partial charge < -0.3 is 26.3 Å². The van der Waals surface area contributed by atoms with Gasteiger partial charge in [-0.2, -0.15) is 0 Å². The maximum absolute atomic E-state index is 12.4. The summed E-state index contributed by atoms with van der Waals surface area (Å²) in [4.78, 5) is 20.9. The molecule has 1 saturated heterocycles. The summed E-state index contributed by atoms with van der Waals surface area (Å²) in [5.41, 5.74) is 13.9. The van der Waals surface area contributed by atoms with E-state index in [4.69, 9.17) is 20.9 Å². The van der Waals surface area contributed by atoms with Gasteiger partial charge in [-0.3, -0.25) is 10.3 Å². The second-order valence-corrected chi connectivity index (χ2v) is 6.38. The maximum atomic E-state index is 12.4. The Kier molecular flexibility index (Phi) is 6.41. The van der Waals surface area contributed by atoms with E-state index in [2.05, 4.69) is 20.6 Å². The van der Waals surface area contributed by atoms with E-state index in [1.807, 2.05) is 30.3 Å². The molecule has 2 amide bonds. The topological polar surface area (TPSA) is 137 Å². The number of nitrogens with two attached hydrogens (primary N) is 2. The molecule has 0 aliphatic carbocycles. The SMILES string of the molecule is COC[C@@H](NC(=O)Nc1cc(N)c(C(N)=NC2COC2)cn1)c1ccccc1. The van der Waals surface area contributed by atoms with Crippen LogP contribution in [-0.4, -0.2) is 49.8 Å². The first-order valence-electron chi connectivity index (χ1n) is 8.85. The molecule has 148 valence electrons. The highest BCUT2D eigenvalue weighted by molar-refractivity contribution is 6.02. The zero-order valence-corrected chi connectivity index (χ0v) is 15.6. The van der Waals surface area contributed by atoms with Crippen molar-refractivity contribution in [3.63, 3.8) is 0 Å². The average Bonchev–Trinajstić information content (AvgIpc) is 2.65. The summed E-state index contributed by atoms with van der Waals surface area (Å²) in [6.07, 6.45) is 1.49. The molecule has 1 aliphatic heterocycles. The number of nitrogens with zero attached hydrogens (tertiary/aromatic N) is 2. The lowest BCUT2D eigenvalue weighted by molar-refractivity contribution is 0.0133. The number of carbonyl (C=O) groups excluding carboxylic acids is 1. The quantitative estimate of drug-likeness (QED) is 0.419. The van der Waals surface area contributed by atoms with E-state index >= 15 is 0 Å². The number of hydrogen-bond acceptors (Lipinski definition) is 6. The number of anilines is 2. The van der Waals surface area contributed by atoms with Crippen LogP contribution in [0, 0.1) is 0 Å². The Morgan fingerprint density at radius 2 is 2.14 bits per heavy atom. The smallest absolute Gasteiger partial charge is 0.320 e. The van der Waals surface area contributed by atoms with Crippen molar-refractivity contribution < 1.29 is 14.3 Å². The second-order valence-electron chi connectivity index (χ2n) is 6.38. The van der Waals surface area contributed by atoms with Crippen LogP contribution < -0.4 is 22.1 Å². The number of amides is 2. The van der Waals surface area contributed by atoms with E-state index in [1.54, 1.807) is 13.2 Å². The minimum absolute atomic E-state index is 0.0543. The number of amidine groups is 1. The fourth-order valence-electron chi connectivity index (χ4n) is 2.70. The summed E-state index contributed by atoms with van der Waals surface area (Å²) >= 11 is 0. The number of nitrogens with one attached hydrogen (secondary N) is 2. The van der Waals surface area contributed by atoms with Crippen LogP contribution in [0.1, 0.15) is 17.2 Å². The zero-order chi connectivity index (χ0) is 19.9. The Balaban J connectivity index is 1.64. The van der Waals surface area contributed by atoms with E-state index in [0.29, 0.717) is 42.7 Å². The number of aliphatic imine (C=N–C) groups is 1. The third-order valence-corrected chi connectivity index (χ3v) is 4.24. The molecule has 2 aromatic rings. The molecule has 1 atom stereocenters. The number of nitrogen functional groups attached to an aromatic ring is 1. The molecule has 0 saturated carbocycles. The predicted molar refractivity (Wildman–Crippen MR) is 107 cm³/mol. The van der Waals surface area contributed by atoms with Crippen molar-refractivity contribution in [1.29, 1.82) is 0 Å². The standard InChI is InChI=1S/C19H24N6O3/c1-27-11-16(12-5-3-2-4-6-12)24-19(26)25-17-7-15(20)14(8-22-17)18(21)23-13-9-28-10-13/h2-8,13,16H,9-11H2,1H3,(H2,21,23)(H4,20,22,24,25,26)/t16-/m1/s1. The normalized spacial score (nSPS) is 15.5. The van der Waals surface area contributed by atoms with Crippen LogP contribution in [0.2, 0.25) is 0 Å². The van der Waals surface area contributed by atoms with E-state index < -0.39 is 6.03 Å². The van der Waals surface area contributed by atoms with E-state index in [0.717, 1.165) is 5.56 Å². The number of hydrogen-bond donors (Lipinski definition) is 4. The largest absolute Gasteiger partial charge is 0.398 e. The molecular formula is C19H24N6O3. The Bertz CT molecular complexity index is 839. The summed E-state index contributed by atoms with van der Waals surface area (Å²) in [6.45, 7) is 1.44. The number of methoxy groups -OCH3 is 1. The first-order valence-corrected chi connectivity index (χ1v) is 8.85. The van der Waals surface area contributed by atoms with Gasteiger partial charge in [0, 0.05) is 25.1 Å². The average molecular weight is 384 g/mol. The van der Waals surface area contributed by atoms with Crippen LogP contribution in [0.3, 0.4) is 0 Å². The van der Waals surface area contributed by atoms with Gasteiger partial charge in [0.15, 0.2) is 0 Å². The summed E-state index contributed by atoms with van der Waals surface area (Å²) in [7, 11) is 1.58. The second kappa shape index (κ2) is 9.16. The molecule has 6 N–H and O–H groups in total. The van der Waals surface area contributed by atoms with Crippen molar-refractivity contribution in [2.24, 2.45) is 10.7 Å². The first-order chi connectivity index (χ1) is 13.6. The lowest BCUT2D eigenvalue weighted by Gasteiger charge is -2.22. The van der Waals surface area contributed by atoms with Crippen molar-refractivity contribution in [3.8, 4) is 0 Å². The molecule has 0 radical (unpaired) electrons. The number of pyridine rings is 1. The van der Waals surface area contributed by atoms with Crippen molar-refractivity contribution in [2.45, 2.75) is 12.1 Å². The first kappa shape index (κ1) is 19.6. The number of ether oxygens (including phenoxy) is 2. The lowest BCUT2D eigenvalue weighted by Crippen LogP contribution is -2.35. The minimum Gasteiger partial charge on any atom is -0.398 e. The number of aromatic nitrogens is 1. The van der Waals surface area contributed by atoms with Gasteiger partial charge in [-0.25, -0.2) is 9.78 Å². The van der Waals surface area contributed by atoms with Crippen LogP contribution in [0.4, 0.5) is 16.3 Å². The fourth-order valence-corrected chi connectivity index (χ4v) is 2.70. The molecule has 9 nitrogen and oxygen atoms in total. The van der Waals surface area contributed by atoms with Gasteiger partial charge in [0.25, 0.3) is 0 Å². The van der Waals surface area contributed by atoms with Crippen LogP contribution in [0.15, 0.2) is 47.6 Å². The molecule has 1 fully saturated rings. The van der Waals surface area contributed by atoms with Gasteiger partial charge in [0.1, 0.15) is 11.7 Å². The van der Waals surface area contributed by atoms with E-state index in [1.165, 1.54) is 6.20 Å². The molecule has 2 heterocycles. The van der Waals surface area contributed by atoms with Gasteiger partial charge in [0.05, 0.1) is 37.5 Å². The van der Waals surface area contributed by atoms with Crippen LogP contribution in [-0.2, 0) is 9.47 Å². The van der Waals surface area contributed by atoms with Crippen LogP contribution in [0.5, 0.6) is 0 Å². The minimum atomic E-state index is -0.418. The highest BCUT2D eigenvalue weighted by Crippen LogP contribution is 2.17. The number of rotatable bonds is 7. The molecule has 0 bridgehead atoms. The van der Waals surface area contributed by atoms with Gasteiger partial charge >= 0.3 is 6.03 Å². The van der Waals surface area contributed by atoms with Crippen molar-refractivity contribution in [2.75, 3.05) is 38.0 Å². The Morgan fingerprint density at radius 1 is 1.39 bits per heavy atom. The van der Waals surface area contributed by atoms with Crippen molar-refractivity contribution >= 4 is 23.4 Å². The number of urea groups is 1. The van der Waals surface area contributed by atoms with Crippen molar-refractivity contribution in [3.05, 3.63) is 53.7 Å². The molecule has 0 unspecified atom stereocenters. The van der Waals surface area contributed by atoms with Gasteiger partial charge in [-0.05, 0) is 5.56 Å². The van der Waals surface area contributed by atoms with Crippen molar-refractivity contribution in [1.82, 2.24) is 10.3 Å². The monoisotopic (exact) mass is 384 g/mol. The van der Waals surface area contributed by atoms with E-state index in [-0.39, 0.29) is 12.1 Å². The molecule has 1 aromatic carbocycles. The van der Waals surface area contributed by atoms with Gasteiger partial charge in [-0.1, -0.05) is 30.3 Å². The summed E-state index contributed by atoms with van der Waals surface area (Å²) < 4.78 is 10.3. The summed E-state index contributed by atoms with van der Waals surface area (Å²) in [5, 5.41) is 5.54. The molecule has 9 heteroatoms. The van der Waals surface area contributed by atoms with Gasteiger partial charge in [0.2, 0.25) is 0 Å². The number of benzene rings is 1. The molecule has 0 spiro atoms. The molecule has 28 heavy (non-hydrogen) atoms. The Morgan fingerprint density at radius 3 is 2.75 bits per heavy atom. The zero-order valence-electron chi connectivity index (χ0n) is 15.6. The molecule has 3 rings (SSSR count). The Labute approximate surface area is 163 Å². The van der Waals surface area contributed by atoms with E-state index in [9.17, 15) is 4.79 Å². The molecule has 1 aromatic heterocycles. The summed E-state index contributed by atoms with van der Waals surface area (Å²) in [5.74, 6) is 0.612. The lowest BCUT2D eigenvalue weighted by atomic mass is 10.1. The third kappa shape index (κ3) is 4.96.